The minimum absolute atomic E-state index is 0.0650. The van der Waals surface area contributed by atoms with Gasteiger partial charge >= 0.3 is 6.18 Å². The summed E-state index contributed by atoms with van der Waals surface area (Å²) in [6, 6.07) is 4.25. The van der Waals surface area contributed by atoms with E-state index in [-0.39, 0.29) is 13.2 Å². The lowest BCUT2D eigenvalue weighted by Crippen LogP contribution is -2.18. The predicted octanol–water partition coefficient (Wildman–Crippen LogP) is 2.67. The molecule has 0 aromatic heterocycles. The molecule has 0 bridgehead atoms. The number of hydrogen-bond donors (Lipinski definition) is 1. The maximum absolute atomic E-state index is 13.2. The van der Waals surface area contributed by atoms with E-state index in [1.165, 1.54) is 12.1 Å². The van der Waals surface area contributed by atoms with Crippen molar-refractivity contribution in [3.8, 4) is 5.75 Å². The lowest BCUT2D eigenvalue weighted by atomic mass is 10.1. The first kappa shape index (κ1) is 16.7. The number of nitrogens with two attached hydrogens (primary N) is 1. The normalized spacial score (nSPS) is 11.7. The maximum Gasteiger partial charge on any atom is 0.411 e. The van der Waals surface area contributed by atoms with Gasteiger partial charge in [-0.15, -0.1) is 0 Å². The molecule has 0 saturated carbocycles. The molecule has 1 aromatic rings. The van der Waals surface area contributed by atoms with Gasteiger partial charge in [0.15, 0.2) is 0 Å². The van der Waals surface area contributed by atoms with Crippen molar-refractivity contribution in [3.05, 3.63) is 29.6 Å². The van der Waals surface area contributed by atoms with Crippen molar-refractivity contribution in [2.45, 2.75) is 19.0 Å². The molecule has 0 spiro atoms. The van der Waals surface area contributed by atoms with Crippen molar-refractivity contribution in [3.63, 3.8) is 0 Å². The van der Waals surface area contributed by atoms with Crippen LogP contribution in [0.15, 0.2) is 18.2 Å². The van der Waals surface area contributed by atoms with Crippen LogP contribution in [0.5, 0.6) is 5.75 Å². The van der Waals surface area contributed by atoms with Gasteiger partial charge in [0, 0.05) is 12.5 Å². The maximum atomic E-state index is 13.2. The fraction of sp³-hybridized carbons (Fsp3) is 0.538. The van der Waals surface area contributed by atoms with E-state index in [1.54, 1.807) is 6.07 Å². The highest BCUT2D eigenvalue weighted by Crippen LogP contribution is 2.17. The van der Waals surface area contributed by atoms with Gasteiger partial charge in [-0.1, -0.05) is 0 Å². The van der Waals surface area contributed by atoms with Gasteiger partial charge in [-0.25, -0.2) is 4.39 Å². The van der Waals surface area contributed by atoms with Crippen molar-refractivity contribution in [1.29, 1.82) is 0 Å². The van der Waals surface area contributed by atoms with E-state index in [4.69, 9.17) is 10.5 Å². The first-order chi connectivity index (χ1) is 9.40. The van der Waals surface area contributed by atoms with E-state index >= 15 is 0 Å². The summed E-state index contributed by atoms with van der Waals surface area (Å²) >= 11 is 0. The van der Waals surface area contributed by atoms with E-state index in [0.29, 0.717) is 25.1 Å². The van der Waals surface area contributed by atoms with E-state index in [9.17, 15) is 17.6 Å². The summed E-state index contributed by atoms with van der Waals surface area (Å²) < 4.78 is 58.3. The van der Waals surface area contributed by atoms with Crippen molar-refractivity contribution >= 4 is 0 Å². The second-order valence-corrected chi connectivity index (χ2v) is 4.20. The quantitative estimate of drug-likeness (QED) is 0.592. The van der Waals surface area contributed by atoms with Gasteiger partial charge in [-0.3, -0.25) is 0 Å². The minimum Gasteiger partial charge on any atom is -0.493 e. The zero-order valence-electron chi connectivity index (χ0n) is 10.9. The van der Waals surface area contributed by atoms with Crippen LogP contribution in [0, 0.1) is 5.82 Å². The van der Waals surface area contributed by atoms with Gasteiger partial charge in [-0.05, 0) is 30.7 Å². The monoisotopic (exact) mass is 295 g/mol. The van der Waals surface area contributed by atoms with Crippen LogP contribution in [0.4, 0.5) is 17.6 Å². The Balaban J connectivity index is 2.28. The number of hydrogen-bond acceptors (Lipinski definition) is 3. The number of halogens is 4. The molecule has 0 radical (unpaired) electrons. The lowest BCUT2D eigenvalue weighted by molar-refractivity contribution is -0.174. The Labute approximate surface area is 114 Å². The van der Waals surface area contributed by atoms with Gasteiger partial charge in [0.25, 0.3) is 0 Å². The lowest BCUT2D eigenvalue weighted by Gasteiger charge is -2.10. The fourth-order valence-corrected chi connectivity index (χ4v) is 1.55. The summed E-state index contributed by atoms with van der Waals surface area (Å²) in [5.41, 5.74) is 6.10. The summed E-state index contributed by atoms with van der Waals surface area (Å²) in [7, 11) is 0. The molecule has 0 amide bonds. The van der Waals surface area contributed by atoms with Crippen molar-refractivity contribution in [1.82, 2.24) is 0 Å². The van der Waals surface area contributed by atoms with Crippen LogP contribution in [-0.2, 0) is 11.2 Å². The highest BCUT2D eigenvalue weighted by Gasteiger charge is 2.27. The molecule has 20 heavy (non-hydrogen) atoms. The molecule has 0 saturated heterocycles. The summed E-state index contributed by atoms with van der Waals surface area (Å²) in [5.74, 6) is -0.0939. The largest absolute Gasteiger partial charge is 0.493 e. The average Bonchev–Trinajstić information content (AvgIpc) is 2.32. The van der Waals surface area contributed by atoms with Crippen LogP contribution in [0.25, 0.3) is 0 Å². The van der Waals surface area contributed by atoms with Gasteiger partial charge < -0.3 is 15.2 Å². The molecule has 2 N–H and O–H groups in total. The number of benzene rings is 1. The van der Waals surface area contributed by atoms with Crippen LogP contribution in [0.3, 0.4) is 0 Å². The first-order valence-electron chi connectivity index (χ1n) is 6.17. The third-order valence-corrected chi connectivity index (χ3v) is 2.33. The highest BCUT2D eigenvalue weighted by molar-refractivity contribution is 5.29. The van der Waals surface area contributed by atoms with E-state index in [0.717, 1.165) is 5.56 Å². The Hall–Kier alpha value is -1.34. The molecule has 7 heteroatoms. The number of rotatable bonds is 8. The molecule has 0 fully saturated rings. The molecule has 1 aromatic carbocycles. The van der Waals surface area contributed by atoms with E-state index < -0.39 is 18.6 Å². The van der Waals surface area contributed by atoms with Crippen LogP contribution < -0.4 is 10.5 Å². The molecular formula is C13H17F4NO2. The molecular weight excluding hydrogens is 278 g/mol. The third-order valence-electron chi connectivity index (χ3n) is 2.33. The molecule has 114 valence electrons. The standard InChI is InChI=1S/C13H17F4NO2/c14-11-6-10(2-3-18)7-12(8-11)20-5-1-4-19-9-13(15,16)17/h6-8H,1-5,9,18H2. The zero-order chi connectivity index (χ0) is 15.0. The van der Waals surface area contributed by atoms with Crippen molar-refractivity contribution in [2.24, 2.45) is 5.73 Å². The Morgan fingerprint density at radius 2 is 1.85 bits per heavy atom. The second kappa shape index (κ2) is 8.06. The number of alkyl halides is 3. The van der Waals surface area contributed by atoms with Gasteiger partial charge in [0.2, 0.25) is 0 Å². The zero-order valence-corrected chi connectivity index (χ0v) is 10.9. The summed E-state index contributed by atoms with van der Waals surface area (Å²) in [5, 5.41) is 0. The summed E-state index contributed by atoms with van der Waals surface area (Å²) in [6.45, 7) is -0.782. The molecule has 0 unspecified atom stereocenters. The molecule has 0 aliphatic carbocycles. The molecule has 0 aliphatic heterocycles. The van der Waals surface area contributed by atoms with Gasteiger partial charge in [-0.2, -0.15) is 13.2 Å². The molecule has 0 heterocycles. The Morgan fingerprint density at radius 3 is 2.50 bits per heavy atom. The van der Waals surface area contributed by atoms with Crippen LogP contribution >= 0.6 is 0 Å². The second-order valence-electron chi connectivity index (χ2n) is 4.20. The number of ether oxygens (including phenoxy) is 2. The van der Waals surface area contributed by atoms with Crippen molar-refractivity contribution in [2.75, 3.05) is 26.4 Å². The van der Waals surface area contributed by atoms with Crippen LogP contribution in [0.1, 0.15) is 12.0 Å². The van der Waals surface area contributed by atoms with Gasteiger partial charge in [0.05, 0.1) is 13.2 Å². The Bertz CT molecular complexity index is 410. The Morgan fingerprint density at radius 1 is 1.10 bits per heavy atom. The van der Waals surface area contributed by atoms with Crippen molar-refractivity contribution < 1.29 is 27.0 Å². The SMILES string of the molecule is NCCc1cc(F)cc(OCCCOCC(F)(F)F)c1. The van der Waals surface area contributed by atoms with E-state index in [1.807, 2.05) is 0 Å². The smallest absolute Gasteiger partial charge is 0.411 e. The third kappa shape index (κ3) is 7.30. The molecule has 0 aliphatic rings. The molecule has 1 rings (SSSR count). The molecule has 0 atom stereocenters. The summed E-state index contributed by atoms with van der Waals surface area (Å²) in [4.78, 5) is 0. The first-order valence-corrected chi connectivity index (χ1v) is 6.17. The Kier molecular flexibility index (Phi) is 6.74. The summed E-state index contributed by atoms with van der Waals surface area (Å²) in [6.07, 6.45) is -3.50. The van der Waals surface area contributed by atoms with Crippen LogP contribution in [0.2, 0.25) is 0 Å². The van der Waals surface area contributed by atoms with E-state index in [2.05, 4.69) is 4.74 Å². The predicted molar refractivity (Wildman–Crippen MR) is 66.1 cm³/mol. The molecule has 3 nitrogen and oxygen atoms in total. The van der Waals surface area contributed by atoms with Crippen LogP contribution in [-0.4, -0.2) is 32.5 Å². The minimum atomic E-state index is -4.32. The topological polar surface area (TPSA) is 44.5 Å². The average molecular weight is 295 g/mol. The van der Waals surface area contributed by atoms with Gasteiger partial charge in [0.1, 0.15) is 18.2 Å². The highest BCUT2D eigenvalue weighted by atomic mass is 19.4. The fourth-order valence-electron chi connectivity index (χ4n) is 1.55.